The Morgan fingerprint density at radius 2 is 1.82 bits per heavy atom. The van der Waals surface area contributed by atoms with Crippen LogP contribution in [0.25, 0.3) is 0 Å². The molecule has 1 heterocycles. The van der Waals surface area contributed by atoms with E-state index in [2.05, 4.69) is 21.2 Å². The van der Waals surface area contributed by atoms with Crippen LogP contribution in [-0.4, -0.2) is 13.2 Å². The molecule has 116 valence electrons. The van der Waals surface area contributed by atoms with E-state index in [0.29, 0.717) is 26.3 Å². The highest BCUT2D eigenvalue weighted by atomic mass is 79.9. The Morgan fingerprint density at radius 3 is 2.68 bits per heavy atom. The molecule has 1 aliphatic rings. The summed E-state index contributed by atoms with van der Waals surface area (Å²) in [7, 11) is 0. The second-order valence-electron chi connectivity index (χ2n) is 5.17. The zero-order valence-corrected chi connectivity index (χ0v) is 13.7. The van der Waals surface area contributed by atoms with Crippen LogP contribution in [0.5, 0.6) is 11.5 Å². The minimum absolute atomic E-state index is 0.226. The molecule has 3 rings (SSSR count). The van der Waals surface area contributed by atoms with Crippen molar-refractivity contribution in [1.82, 2.24) is 5.32 Å². The van der Waals surface area contributed by atoms with Gasteiger partial charge in [-0.1, -0.05) is 22.0 Å². The maximum absolute atomic E-state index is 13.2. The lowest BCUT2D eigenvalue weighted by atomic mass is 10.2. The third-order valence-electron chi connectivity index (χ3n) is 3.46. The first-order valence-electron chi connectivity index (χ1n) is 7.25. The summed E-state index contributed by atoms with van der Waals surface area (Å²) >= 11 is 3.43. The van der Waals surface area contributed by atoms with Gasteiger partial charge in [0.25, 0.3) is 0 Å². The van der Waals surface area contributed by atoms with E-state index in [1.54, 1.807) is 6.07 Å². The molecule has 0 radical (unpaired) electrons. The summed E-state index contributed by atoms with van der Waals surface area (Å²) < 4.78 is 25.4. The number of benzene rings is 2. The number of halogens is 2. The van der Waals surface area contributed by atoms with Crippen molar-refractivity contribution in [2.24, 2.45) is 0 Å². The first-order chi connectivity index (χ1) is 10.7. The Balaban J connectivity index is 1.62. The maximum Gasteiger partial charge on any atom is 0.161 e. The van der Waals surface area contributed by atoms with Gasteiger partial charge in [0.15, 0.2) is 11.5 Å². The van der Waals surface area contributed by atoms with E-state index in [4.69, 9.17) is 9.47 Å². The van der Waals surface area contributed by atoms with E-state index in [0.717, 1.165) is 33.5 Å². The van der Waals surface area contributed by atoms with Crippen LogP contribution in [0.2, 0.25) is 0 Å². The summed E-state index contributed by atoms with van der Waals surface area (Å²) in [5.74, 6) is 1.37. The summed E-state index contributed by atoms with van der Waals surface area (Å²) in [5, 5.41) is 3.32. The maximum atomic E-state index is 13.2. The molecular formula is C17H17BrFNO2. The van der Waals surface area contributed by atoms with Crippen molar-refractivity contribution in [3.8, 4) is 11.5 Å². The van der Waals surface area contributed by atoms with Crippen LogP contribution in [0.15, 0.2) is 40.9 Å². The second-order valence-corrected chi connectivity index (χ2v) is 6.03. The van der Waals surface area contributed by atoms with Crippen LogP contribution < -0.4 is 14.8 Å². The zero-order chi connectivity index (χ0) is 15.4. The predicted octanol–water partition coefficient (Wildman–Crippen LogP) is 4.04. The highest BCUT2D eigenvalue weighted by Crippen LogP contribution is 2.30. The predicted molar refractivity (Wildman–Crippen MR) is 86.7 cm³/mol. The van der Waals surface area contributed by atoms with Gasteiger partial charge in [0.05, 0.1) is 13.2 Å². The Morgan fingerprint density at radius 1 is 1.00 bits per heavy atom. The van der Waals surface area contributed by atoms with Crippen LogP contribution in [0, 0.1) is 5.82 Å². The van der Waals surface area contributed by atoms with E-state index >= 15 is 0 Å². The number of fused-ring (bicyclic) bond motifs is 1. The van der Waals surface area contributed by atoms with Gasteiger partial charge in [-0.25, -0.2) is 4.39 Å². The fourth-order valence-electron chi connectivity index (χ4n) is 2.34. The first-order valence-corrected chi connectivity index (χ1v) is 8.05. The lowest BCUT2D eigenvalue weighted by molar-refractivity contribution is 0.297. The fraction of sp³-hybridized carbons (Fsp3) is 0.294. The third kappa shape index (κ3) is 3.78. The standard InChI is InChI=1S/C17H17BrFNO2/c18-15-4-3-14(19)9-13(15)11-20-10-12-2-5-16-17(8-12)22-7-1-6-21-16/h2-5,8-9,20H,1,6-7,10-11H2. The number of hydrogen-bond acceptors (Lipinski definition) is 3. The zero-order valence-electron chi connectivity index (χ0n) is 12.1. The summed E-state index contributed by atoms with van der Waals surface area (Å²) in [4.78, 5) is 0. The molecule has 0 saturated carbocycles. The summed E-state index contributed by atoms with van der Waals surface area (Å²) in [5.41, 5.74) is 2.01. The fourth-order valence-corrected chi connectivity index (χ4v) is 2.72. The van der Waals surface area contributed by atoms with Gasteiger partial charge in [-0.15, -0.1) is 0 Å². The second kappa shape index (κ2) is 7.11. The van der Waals surface area contributed by atoms with Crippen molar-refractivity contribution >= 4 is 15.9 Å². The highest BCUT2D eigenvalue weighted by molar-refractivity contribution is 9.10. The molecule has 0 unspecified atom stereocenters. The molecule has 2 aromatic carbocycles. The Bertz CT molecular complexity index is 663. The van der Waals surface area contributed by atoms with Crippen LogP contribution in [-0.2, 0) is 13.1 Å². The SMILES string of the molecule is Fc1ccc(Br)c(CNCc2ccc3c(c2)OCCCO3)c1. The van der Waals surface area contributed by atoms with Crippen LogP contribution in [0.3, 0.4) is 0 Å². The topological polar surface area (TPSA) is 30.5 Å². The van der Waals surface area contributed by atoms with Gasteiger partial charge in [0.2, 0.25) is 0 Å². The molecule has 0 amide bonds. The van der Waals surface area contributed by atoms with Crippen LogP contribution in [0.4, 0.5) is 4.39 Å². The molecule has 0 saturated heterocycles. The minimum Gasteiger partial charge on any atom is -0.490 e. The number of hydrogen-bond donors (Lipinski definition) is 1. The van der Waals surface area contributed by atoms with E-state index in [9.17, 15) is 4.39 Å². The molecule has 0 aliphatic carbocycles. The largest absolute Gasteiger partial charge is 0.490 e. The number of ether oxygens (including phenoxy) is 2. The van der Waals surface area contributed by atoms with Crippen molar-refractivity contribution in [1.29, 1.82) is 0 Å². The van der Waals surface area contributed by atoms with Gasteiger partial charge >= 0.3 is 0 Å². The molecule has 3 nitrogen and oxygen atoms in total. The normalized spacial score (nSPS) is 13.7. The van der Waals surface area contributed by atoms with Gasteiger partial charge in [0.1, 0.15) is 5.82 Å². The van der Waals surface area contributed by atoms with Gasteiger partial charge in [-0.3, -0.25) is 0 Å². The molecule has 22 heavy (non-hydrogen) atoms. The Hall–Kier alpha value is -1.59. The molecular weight excluding hydrogens is 349 g/mol. The summed E-state index contributed by atoms with van der Waals surface area (Å²) in [6, 6.07) is 10.6. The molecule has 2 aromatic rings. The summed E-state index contributed by atoms with van der Waals surface area (Å²) in [6.45, 7) is 2.64. The van der Waals surface area contributed by atoms with Crippen molar-refractivity contribution in [3.63, 3.8) is 0 Å². The smallest absolute Gasteiger partial charge is 0.161 e. The van der Waals surface area contributed by atoms with Crippen molar-refractivity contribution in [2.45, 2.75) is 19.5 Å². The third-order valence-corrected chi connectivity index (χ3v) is 4.24. The number of rotatable bonds is 4. The van der Waals surface area contributed by atoms with Gasteiger partial charge in [0, 0.05) is 24.0 Å². The monoisotopic (exact) mass is 365 g/mol. The molecule has 0 fully saturated rings. The van der Waals surface area contributed by atoms with Crippen molar-refractivity contribution in [3.05, 3.63) is 57.8 Å². The van der Waals surface area contributed by atoms with Gasteiger partial charge < -0.3 is 14.8 Å². The Kier molecular flexibility index (Phi) is 4.95. The van der Waals surface area contributed by atoms with Crippen molar-refractivity contribution in [2.75, 3.05) is 13.2 Å². The first kappa shape index (κ1) is 15.3. The highest BCUT2D eigenvalue weighted by Gasteiger charge is 2.10. The van der Waals surface area contributed by atoms with Crippen LogP contribution >= 0.6 is 15.9 Å². The molecule has 0 aromatic heterocycles. The molecule has 5 heteroatoms. The molecule has 0 atom stereocenters. The Labute approximate surface area is 137 Å². The number of nitrogens with one attached hydrogen (secondary N) is 1. The minimum atomic E-state index is -0.226. The van der Waals surface area contributed by atoms with E-state index in [-0.39, 0.29) is 5.82 Å². The molecule has 1 N–H and O–H groups in total. The quantitative estimate of drug-likeness (QED) is 0.886. The van der Waals surface area contributed by atoms with Crippen molar-refractivity contribution < 1.29 is 13.9 Å². The molecule has 0 spiro atoms. The lowest BCUT2D eigenvalue weighted by Gasteiger charge is -2.11. The van der Waals surface area contributed by atoms with Crippen LogP contribution in [0.1, 0.15) is 17.5 Å². The summed E-state index contributed by atoms with van der Waals surface area (Å²) in [6.07, 6.45) is 0.899. The van der Waals surface area contributed by atoms with E-state index in [1.165, 1.54) is 12.1 Å². The lowest BCUT2D eigenvalue weighted by Crippen LogP contribution is -2.13. The average Bonchev–Trinajstić information content (AvgIpc) is 2.75. The van der Waals surface area contributed by atoms with E-state index < -0.39 is 0 Å². The van der Waals surface area contributed by atoms with E-state index in [1.807, 2.05) is 18.2 Å². The van der Waals surface area contributed by atoms with Gasteiger partial charge in [-0.05, 0) is 41.5 Å². The molecule has 1 aliphatic heterocycles. The average molecular weight is 366 g/mol. The van der Waals surface area contributed by atoms with Gasteiger partial charge in [-0.2, -0.15) is 0 Å². The molecule has 0 bridgehead atoms.